The van der Waals surface area contributed by atoms with Crippen LogP contribution in [0.15, 0.2) is 60.9 Å². The predicted octanol–water partition coefficient (Wildman–Crippen LogP) is 4.34. The molecule has 2 aromatic carbocycles. The van der Waals surface area contributed by atoms with E-state index in [-0.39, 0.29) is 0 Å². The molecule has 0 atom stereocenters. The van der Waals surface area contributed by atoms with E-state index in [1.165, 1.54) is 50.0 Å². The molecule has 4 rings (SSSR count). The summed E-state index contributed by atoms with van der Waals surface area (Å²) in [6.45, 7) is 1.11. The van der Waals surface area contributed by atoms with Gasteiger partial charge in [-0.15, -0.1) is 0 Å². The van der Waals surface area contributed by atoms with Gasteiger partial charge in [-0.1, -0.05) is 0 Å². The summed E-state index contributed by atoms with van der Waals surface area (Å²) in [5, 5.41) is 3.87. The van der Waals surface area contributed by atoms with Gasteiger partial charge >= 0.3 is 163 Å². The molecule has 0 aliphatic carbocycles. The average Bonchev–Trinajstić information content (AvgIpc) is 3.22. The molecule has 4 aromatic rings. The van der Waals surface area contributed by atoms with E-state index in [4.69, 9.17) is 0 Å². The molecule has 0 radical (unpaired) electrons. The monoisotopic (exact) mass is 460 g/mol. The Morgan fingerprint density at radius 3 is 2.56 bits per heavy atom. The van der Waals surface area contributed by atoms with Gasteiger partial charge in [-0.2, -0.15) is 0 Å². The molecule has 0 saturated heterocycles. The minimum atomic E-state index is 0.306. The number of H-pyrrole nitrogens is 1. The van der Waals surface area contributed by atoms with Crippen LogP contribution in [0.4, 0.5) is 0 Å². The van der Waals surface area contributed by atoms with Crippen LogP contribution in [0.25, 0.3) is 21.8 Å². The van der Waals surface area contributed by atoms with Gasteiger partial charge in [0.05, 0.1) is 0 Å². The molecule has 0 spiro atoms. The number of fused-ring (bicyclic) bond motifs is 2. The molecule has 0 unspecified atom stereocenters. The van der Waals surface area contributed by atoms with Crippen LogP contribution in [0.5, 0.6) is 0 Å². The van der Waals surface area contributed by atoms with E-state index in [0.717, 1.165) is 11.9 Å². The maximum atomic E-state index is 3.53. The Hall–Kier alpha value is -1.48. The third-order valence-electron chi connectivity index (χ3n) is 4.56. The summed E-state index contributed by atoms with van der Waals surface area (Å²) in [7, 11) is 0. The van der Waals surface area contributed by atoms with Crippen molar-refractivity contribution in [1.82, 2.24) is 9.55 Å². The van der Waals surface area contributed by atoms with Crippen molar-refractivity contribution in [3.05, 3.63) is 60.9 Å². The number of hydrogen-bond donors (Lipinski definition) is 1. The fourth-order valence-electron chi connectivity index (χ4n) is 3.28. The minimum absolute atomic E-state index is 0.306. The van der Waals surface area contributed by atoms with Crippen molar-refractivity contribution in [3.8, 4) is 0 Å². The molecule has 0 amide bonds. The molecule has 2 aromatic heterocycles. The third kappa shape index (κ3) is 3.57. The van der Waals surface area contributed by atoms with E-state index in [0.29, 0.717) is 15.0 Å². The fraction of sp³-hybridized carbons (Fsp3) is 0.238. The molecule has 0 aliphatic heterocycles. The summed E-state index contributed by atoms with van der Waals surface area (Å²) < 4.78 is 5.37. The zero-order valence-electron chi connectivity index (χ0n) is 14.0. The summed E-state index contributed by atoms with van der Waals surface area (Å²) in [5.41, 5.74) is 2.61. The molecule has 0 saturated carbocycles. The van der Waals surface area contributed by atoms with Gasteiger partial charge in [0.15, 0.2) is 0 Å². The van der Waals surface area contributed by atoms with E-state index < -0.39 is 0 Å². The van der Waals surface area contributed by atoms with Gasteiger partial charge in [0.25, 0.3) is 0 Å². The van der Waals surface area contributed by atoms with E-state index >= 15 is 0 Å². The van der Waals surface area contributed by atoms with Crippen molar-refractivity contribution in [2.45, 2.75) is 25.8 Å². The van der Waals surface area contributed by atoms with Crippen molar-refractivity contribution >= 4 is 61.6 Å². The molecule has 0 aliphatic rings. The van der Waals surface area contributed by atoms with Crippen molar-refractivity contribution in [2.24, 2.45) is 0 Å². The SMILES string of the molecule is BrCCCCCn1cc([Se]c2c[nH]c3ccccc23)c2ccccc21. The van der Waals surface area contributed by atoms with Gasteiger partial charge in [-0.25, -0.2) is 0 Å². The summed E-state index contributed by atoms with van der Waals surface area (Å²) in [5.74, 6) is 0. The van der Waals surface area contributed by atoms with Crippen LogP contribution in [-0.4, -0.2) is 29.8 Å². The Bertz CT molecular complexity index is 986. The second-order valence-electron chi connectivity index (χ2n) is 6.25. The maximum absolute atomic E-state index is 3.53. The molecule has 0 bridgehead atoms. The zero-order valence-corrected chi connectivity index (χ0v) is 17.3. The number of nitrogens with one attached hydrogen (secondary N) is 1. The molecule has 128 valence electrons. The number of aromatic amines is 1. The van der Waals surface area contributed by atoms with Crippen molar-refractivity contribution < 1.29 is 0 Å². The number of benzene rings is 2. The zero-order chi connectivity index (χ0) is 17.1. The van der Waals surface area contributed by atoms with Crippen molar-refractivity contribution in [1.29, 1.82) is 0 Å². The van der Waals surface area contributed by atoms with Crippen LogP contribution in [0, 0.1) is 0 Å². The number of rotatable bonds is 7. The van der Waals surface area contributed by atoms with Crippen molar-refractivity contribution in [2.75, 3.05) is 5.33 Å². The fourth-order valence-corrected chi connectivity index (χ4v) is 6.00. The van der Waals surface area contributed by atoms with Gasteiger partial charge in [0.1, 0.15) is 0 Å². The predicted molar refractivity (Wildman–Crippen MR) is 113 cm³/mol. The second kappa shape index (κ2) is 7.82. The average molecular weight is 460 g/mol. The van der Waals surface area contributed by atoms with E-state index in [2.05, 4.69) is 86.4 Å². The summed E-state index contributed by atoms with van der Waals surface area (Å²) in [6.07, 6.45) is 8.35. The van der Waals surface area contributed by atoms with Crippen LogP contribution < -0.4 is 8.92 Å². The molecule has 0 fully saturated rings. The molecule has 25 heavy (non-hydrogen) atoms. The topological polar surface area (TPSA) is 20.7 Å². The quantitative estimate of drug-likeness (QED) is 0.241. The standard InChI is InChI=1S/C21H21BrN2Se/c22-12-6-1-7-13-24-15-21(17-9-3-5-11-19(17)24)25-20-14-23-18-10-4-2-8-16(18)20/h2-5,8-11,14-15,23H,1,6-7,12-13H2. The number of alkyl halides is 1. The second-order valence-corrected chi connectivity index (χ2v) is 9.32. The number of hydrogen-bond acceptors (Lipinski definition) is 0. The van der Waals surface area contributed by atoms with Crippen LogP contribution >= 0.6 is 15.9 Å². The molecule has 4 heteroatoms. The number of unbranched alkanes of at least 4 members (excludes halogenated alkanes) is 2. The molecule has 2 heterocycles. The first-order valence-corrected chi connectivity index (χ1v) is 11.6. The van der Waals surface area contributed by atoms with E-state index in [9.17, 15) is 0 Å². The van der Waals surface area contributed by atoms with Crippen LogP contribution in [0.1, 0.15) is 19.3 Å². The molecular formula is C21H21BrN2Se. The molecule has 2 nitrogen and oxygen atoms in total. The Labute approximate surface area is 162 Å². The first-order chi connectivity index (χ1) is 12.4. The number of nitrogens with zero attached hydrogens (tertiary/aromatic N) is 1. The normalized spacial score (nSPS) is 11.6. The number of halogens is 1. The van der Waals surface area contributed by atoms with Gasteiger partial charge in [0.2, 0.25) is 0 Å². The Kier molecular flexibility index (Phi) is 5.30. The first kappa shape index (κ1) is 17.0. The van der Waals surface area contributed by atoms with E-state index in [1.54, 1.807) is 0 Å². The summed E-state index contributed by atoms with van der Waals surface area (Å²) >= 11 is 3.83. The Balaban J connectivity index is 1.65. The first-order valence-electron chi connectivity index (χ1n) is 8.74. The Morgan fingerprint density at radius 1 is 0.880 bits per heavy atom. The summed E-state index contributed by atoms with van der Waals surface area (Å²) in [4.78, 5) is 3.42. The molecule has 1 N–H and O–H groups in total. The number of aromatic nitrogens is 2. The third-order valence-corrected chi connectivity index (χ3v) is 7.43. The summed E-state index contributed by atoms with van der Waals surface area (Å²) in [6, 6.07) is 17.4. The number of aryl methyl sites for hydroxylation is 1. The van der Waals surface area contributed by atoms with Gasteiger partial charge in [0, 0.05) is 0 Å². The van der Waals surface area contributed by atoms with Gasteiger partial charge < -0.3 is 0 Å². The molecular weight excluding hydrogens is 439 g/mol. The van der Waals surface area contributed by atoms with Crippen LogP contribution in [-0.2, 0) is 6.54 Å². The van der Waals surface area contributed by atoms with Gasteiger partial charge in [-0.3, -0.25) is 0 Å². The van der Waals surface area contributed by atoms with Gasteiger partial charge in [-0.05, 0) is 0 Å². The van der Waals surface area contributed by atoms with Crippen LogP contribution in [0.2, 0.25) is 0 Å². The van der Waals surface area contributed by atoms with Crippen LogP contribution in [0.3, 0.4) is 0 Å². The Morgan fingerprint density at radius 2 is 1.68 bits per heavy atom. The number of para-hydroxylation sites is 2. The van der Waals surface area contributed by atoms with E-state index in [1.807, 2.05) is 0 Å². The van der Waals surface area contributed by atoms with Crippen molar-refractivity contribution in [3.63, 3.8) is 0 Å².